The first-order chi connectivity index (χ1) is 15.9. The predicted molar refractivity (Wildman–Crippen MR) is 118 cm³/mol. The van der Waals surface area contributed by atoms with Crippen molar-refractivity contribution >= 4 is 17.5 Å². The van der Waals surface area contributed by atoms with Crippen LogP contribution in [0.5, 0.6) is 11.5 Å². The van der Waals surface area contributed by atoms with Gasteiger partial charge in [0.2, 0.25) is 0 Å². The minimum atomic E-state index is -0.951. The van der Waals surface area contributed by atoms with Gasteiger partial charge in [0.25, 0.3) is 11.8 Å². The van der Waals surface area contributed by atoms with Crippen LogP contribution in [0.2, 0.25) is 0 Å². The molecule has 1 aliphatic rings. The Kier molecular flexibility index (Phi) is 6.26. The van der Waals surface area contributed by atoms with E-state index in [2.05, 4.69) is 5.32 Å². The van der Waals surface area contributed by atoms with E-state index in [4.69, 9.17) is 9.47 Å². The van der Waals surface area contributed by atoms with Gasteiger partial charge < -0.3 is 19.7 Å². The molecule has 1 atom stereocenters. The molecule has 1 aliphatic heterocycles. The quantitative estimate of drug-likeness (QED) is 0.618. The summed E-state index contributed by atoms with van der Waals surface area (Å²) in [6.07, 6.45) is -0.714. The SMILES string of the molecule is COc1ccccc1CN1Cc2cc(NC(=O)c3c(F)cccc3F)ccc2O[C@@H](C)C1=O. The monoisotopic (exact) mass is 452 g/mol. The number of anilines is 1. The largest absolute Gasteiger partial charge is 0.496 e. The summed E-state index contributed by atoms with van der Waals surface area (Å²) in [5.41, 5.74) is 1.15. The topological polar surface area (TPSA) is 67.9 Å². The lowest BCUT2D eigenvalue weighted by atomic mass is 10.1. The van der Waals surface area contributed by atoms with Crippen molar-refractivity contribution in [2.75, 3.05) is 12.4 Å². The number of halogens is 2. The van der Waals surface area contributed by atoms with Gasteiger partial charge >= 0.3 is 0 Å². The van der Waals surface area contributed by atoms with Crippen LogP contribution in [-0.2, 0) is 17.9 Å². The lowest BCUT2D eigenvalue weighted by Gasteiger charge is -2.23. The van der Waals surface area contributed by atoms with Gasteiger partial charge in [-0.2, -0.15) is 0 Å². The Balaban J connectivity index is 1.60. The third-order valence-corrected chi connectivity index (χ3v) is 5.39. The molecule has 0 bridgehead atoms. The zero-order valence-corrected chi connectivity index (χ0v) is 18.1. The van der Waals surface area contributed by atoms with Crippen LogP contribution >= 0.6 is 0 Å². The summed E-state index contributed by atoms with van der Waals surface area (Å²) < 4.78 is 39.1. The summed E-state index contributed by atoms with van der Waals surface area (Å²) in [5, 5.41) is 2.52. The van der Waals surface area contributed by atoms with E-state index in [1.54, 1.807) is 37.1 Å². The molecule has 0 radical (unpaired) electrons. The van der Waals surface area contributed by atoms with Crippen LogP contribution in [0.3, 0.4) is 0 Å². The fourth-order valence-corrected chi connectivity index (χ4v) is 3.76. The van der Waals surface area contributed by atoms with Gasteiger partial charge in [-0.25, -0.2) is 8.78 Å². The summed E-state index contributed by atoms with van der Waals surface area (Å²) in [4.78, 5) is 27.1. The Hall–Kier alpha value is -3.94. The highest BCUT2D eigenvalue weighted by atomic mass is 19.1. The van der Waals surface area contributed by atoms with Crippen molar-refractivity contribution < 1.29 is 27.8 Å². The van der Waals surface area contributed by atoms with Crippen LogP contribution in [0.25, 0.3) is 0 Å². The summed E-state index contributed by atoms with van der Waals surface area (Å²) in [7, 11) is 1.57. The number of ether oxygens (including phenoxy) is 2. The van der Waals surface area contributed by atoms with E-state index < -0.39 is 29.2 Å². The van der Waals surface area contributed by atoms with Crippen LogP contribution in [0.15, 0.2) is 60.7 Å². The lowest BCUT2D eigenvalue weighted by molar-refractivity contribution is -0.138. The molecule has 0 saturated heterocycles. The molecule has 0 spiro atoms. The molecule has 33 heavy (non-hydrogen) atoms. The third-order valence-electron chi connectivity index (χ3n) is 5.39. The molecular formula is C25H22F2N2O4. The lowest BCUT2D eigenvalue weighted by Crippen LogP contribution is -2.37. The van der Waals surface area contributed by atoms with E-state index in [9.17, 15) is 18.4 Å². The second kappa shape index (κ2) is 9.28. The number of nitrogens with one attached hydrogen (secondary N) is 1. The third kappa shape index (κ3) is 4.64. The van der Waals surface area contributed by atoms with E-state index >= 15 is 0 Å². The van der Waals surface area contributed by atoms with Gasteiger partial charge in [0.05, 0.1) is 7.11 Å². The van der Waals surface area contributed by atoms with Gasteiger partial charge in [0.15, 0.2) is 6.10 Å². The Labute approximate surface area is 189 Å². The number of amides is 2. The van der Waals surface area contributed by atoms with Gasteiger partial charge in [0, 0.05) is 29.9 Å². The molecule has 0 fully saturated rings. The van der Waals surface area contributed by atoms with Crippen LogP contribution < -0.4 is 14.8 Å². The molecule has 1 N–H and O–H groups in total. The second-order valence-corrected chi connectivity index (χ2v) is 7.64. The van der Waals surface area contributed by atoms with Crippen LogP contribution in [0, 0.1) is 11.6 Å². The van der Waals surface area contributed by atoms with Crippen molar-refractivity contribution in [2.45, 2.75) is 26.1 Å². The van der Waals surface area contributed by atoms with Gasteiger partial charge in [0.1, 0.15) is 28.7 Å². The highest BCUT2D eigenvalue weighted by Crippen LogP contribution is 2.31. The summed E-state index contributed by atoms with van der Waals surface area (Å²) >= 11 is 0. The maximum absolute atomic E-state index is 14.0. The number of carbonyl (C=O) groups excluding carboxylic acids is 2. The molecule has 6 nitrogen and oxygen atoms in total. The van der Waals surface area contributed by atoms with Crippen molar-refractivity contribution in [3.63, 3.8) is 0 Å². The first-order valence-corrected chi connectivity index (χ1v) is 10.3. The number of methoxy groups -OCH3 is 1. The summed E-state index contributed by atoms with van der Waals surface area (Å²) in [6, 6.07) is 15.5. The molecule has 0 saturated carbocycles. The second-order valence-electron chi connectivity index (χ2n) is 7.64. The number of benzene rings is 3. The Morgan fingerprint density at radius 2 is 1.85 bits per heavy atom. The predicted octanol–water partition coefficient (Wildman–Crippen LogP) is 4.54. The fourth-order valence-electron chi connectivity index (χ4n) is 3.76. The zero-order valence-electron chi connectivity index (χ0n) is 18.1. The molecule has 1 heterocycles. The molecule has 0 aromatic heterocycles. The van der Waals surface area contributed by atoms with E-state index in [-0.39, 0.29) is 12.5 Å². The molecule has 4 rings (SSSR count). The molecule has 8 heteroatoms. The van der Waals surface area contributed by atoms with Crippen LogP contribution in [0.4, 0.5) is 14.5 Å². The highest BCUT2D eigenvalue weighted by molar-refractivity contribution is 6.04. The molecule has 3 aromatic rings. The van der Waals surface area contributed by atoms with Crippen molar-refractivity contribution in [3.05, 3.63) is 89.0 Å². The Morgan fingerprint density at radius 1 is 1.12 bits per heavy atom. The molecule has 3 aromatic carbocycles. The maximum atomic E-state index is 14.0. The average Bonchev–Trinajstić information content (AvgIpc) is 2.90. The minimum absolute atomic E-state index is 0.198. The molecule has 2 amide bonds. The van der Waals surface area contributed by atoms with E-state index in [1.165, 1.54) is 6.07 Å². The molecular weight excluding hydrogens is 430 g/mol. The Morgan fingerprint density at radius 3 is 2.58 bits per heavy atom. The number of hydrogen-bond acceptors (Lipinski definition) is 4. The first-order valence-electron chi connectivity index (χ1n) is 10.3. The summed E-state index contributed by atoms with van der Waals surface area (Å²) in [5.74, 6) is -1.85. The average molecular weight is 452 g/mol. The van der Waals surface area contributed by atoms with E-state index in [0.717, 1.165) is 17.7 Å². The normalized spacial score (nSPS) is 15.3. The summed E-state index contributed by atoms with van der Waals surface area (Å²) in [6.45, 7) is 2.19. The van der Waals surface area contributed by atoms with Crippen LogP contribution in [0.1, 0.15) is 28.4 Å². The highest BCUT2D eigenvalue weighted by Gasteiger charge is 2.29. The molecule has 0 unspecified atom stereocenters. The standard InChI is InChI=1S/C25H22F2N2O4/c1-15-25(31)29(13-16-6-3-4-9-21(16)32-2)14-17-12-18(10-11-22(17)33-15)28-24(30)23-19(26)7-5-8-20(23)27/h3-12,15H,13-14H2,1-2H3,(H,28,30)/t15-/m0/s1. The minimum Gasteiger partial charge on any atom is -0.496 e. The van der Waals surface area contributed by atoms with Gasteiger partial charge in [-0.1, -0.05) is 24.3 Å². The van der Waals surface area contributed by atoms with Gasteiger partial charge in [-0.3, -0.25) is 9.59 Å². The number of nitrogens with zero attached hydrogens (tertiary/aromatic N) is 1. The van der Waals surface area contributed by atoms with Crippen molar-refractivity contribution in [1.29, 1.82) is 0 Å². The maximum Gasteiger partial charge on any atom is 0.263 e. The number of carbonyl (C=O) groups is 2. The van der Waals surface area contributed by atoms with E-state index in [1.807, 2.05) is 24.3 Å². The van der Waals surface area contributed by atoms with Gasteiger partial charge in [-0.15, -0.1) is 0 Å². The van der Waals surface area contributed by atoms with Crippen molar-refractivity contribution in [2.24, 2.45) is 0 Å². The fraction of sp³-hybridized carbons (Fsp3) is 0.200. The number of hydrogen-bond donors (Lipinski definition) is 1. The smallest absolute Gasteiger partial charge is 0.263 e. The number of para-hydroxylation sites is 1. The van der Waals surface area contributed by atoms with Gasteiger partial charge in [-0.05, 0) is 43.3 Å². The Bertz CT molecular complexity index is 1190. The molecule has 0 aliphatic carbocycles. The van der Waals surface area contributed by atoms with Crippen molar-refractivity contribution in [3.8, 4) is 11.5 Å². The first kappa shape index (κ1) is 22.3. The molecule has 170 valence electrons. The van der Waals surface area contributed by atoms with Crippen LogP contribution in [-0.4, -0.2) is 29.9 Å². The number of rotatable bonds is 5. The van der Waals surface area contributed by atoms with E-state index in [0.29, 0.717) is 29.3 Å². The van der Waals surface area contributed by atoms with Crippen molar-refractivity contribution in [1.82, 2.24) is 4.90 Å². The number of fused-ring (bicyclic) bond motifs is 1. The zero-order chi connectivity index (χ0) is 23.5.